The van der Waals surface area contributed by atoms with Crippen molar-refractivity contribution in [2.45, 2.75) is 39.5 Å². The van der Waals surface area contributed by atoms with E-state index in [4.69, 9.17) is 5.11 Å². The molecule has 0 rings (SSSR count). The van der Waals surface area contributed by atoms with Gasteiger partial charge >= 0.3 is 5.97 Å². The van der Waals surface area contributed by atoms with Crippen LogP contribution >= 0.6 is 0 Å². The van der Waals surface area contributed by atoms with Crippen molar-refractivity contribution in [3.8, 4) is 0 Å². The molecular weight excluding hydrogens is 164 g/mol. The van der Waals surface area contributed by atoms with Crippen LogP contribution < -0.4 is 0 Å². The zero-order chi connectivity index (χ0) is 10.1. The van der Waals surface area contributed by atoms with E-state index < -0.39 is 5.97 Å². The van der Waals surface area contributed by atoms with E-state index in [9.17, 15) is 4.79 Å². The lowest BCUT2D eigenvalue weighted by atomic mass is 10.1. The van der Waals surface area contributed by atoms with Crippen LogP contribution in [0.25, 0.3) is 0 Å². The summed E-state index contributed by atoms with van der Waals surface area (Å²) in [6.45, 7) is 3.99. The minimum Gasteiger partial charge on any atom is -0.478 e. The summed E-state index contributed by atoms with van der Waals surface area (Å²) in [6.07, 6.45) is 9.59. The lowest BCUT2D eigenvalue weighted by Crippen LogP contribution is -1.89. The first-order valence-electron chi connectivity index (χ1n) is 4.72. The Kier molecular flexibility index (Phi) is 6.98. The number of unbranched alkanes of at least 4 members (excludes halogenated alkanes) is 1. The average molecular weight is 182 g/mol. The quantitative estimate of drug-likeness (QED) is 0.506. The van der Waals surface area contributed by atoms with Crippen LogP contribution in [0.2, 0.25) is 0 Å². The van der Waals surface area contributed by atoms with Crippen molar-refractivity contribution in [2.24, 2.45) is 0 Å². The summed E-state index contributed by atoms with van der Waals surface area (Å²) in [5.74, 6) is -0.852. The summed E-state index contributed by atoms with van der Waals surface area (Å²) in [5, 5.41) is 8.43. The van der Waals surface area contributed by atoms with Crippen molar-refractivity contribution < 1.29 is 9.90 Å². The molecule has 0 aromatic carbocycles. The van der Waals surface area contributed by atoms with Gasteiger partial charge in [-0.2, -0.15) is 0 Å². The molecule has 74 valence electrons. The highest BCUT2D eigenvalue weighted by atomic mass is 16.4. The molecule has 1 N–H and O–H groups in total. The van der Waals surface area contributed by atoms with Crippen LogP contribution in [0.3, 0.4) is 0 Å². The van der Waals surface area contributed by atoms with Gasteiger partial charge in [-0.25, -0.2) is 4.79 Å². The van der Waals surface area contributed by atoms with Gasteiger partial charge in [0.2, 0.25) is 0 Å². The van der Waals surface area contributed by atoms with E-state index in [1.54, 1.807) is 0 Å². The lowest BCUT2D eigenvalue weighted by molar-refractivity contribution is -0.131. The molecule has 13 heavy (non-hydrogen) atoms. The first kappa shape index (κ1) is 11.9. The van der Waals surface area contributed by atoms with Crippen LogP contribution in [0.5, 0.6) is 0 Å². The minimum absolute atomic E-state index is 0.840. The van der Waals surface area contributed by atoms with Crippen molar-refractivity contribution >= 4 is 5.97 Å². The molecule has 0 fully saturated rings. The molecule has 0 radical (unpaired) electrons. The number of carbonyl (C=O) groups is 1. The maximum atomic E-state index is 10.3. The Bertz CT molecular complexity index is 202. The largest absolute Gasteiger partial charge is 0.478 e. The number of rotatable bonds is 6. The molecule has 0 unspecified atom stereocenters. The van der Waals surface area contributed by atoms with Crippen LogP contribution in [0.1, 0.15) is 39.5 Å². The van der Waals surface area contributed by atoms with Gasteiger partial charge in [-0.05, 0) is 26.2 Å². The third kappa shape index (κ3) is 8.86. The van der Waals surface area contributed by atoms with E-state index in [1.165, 1.54) is 12.5 Å². The molecule has 0 saturated heterocycles. The van der Waals surface area contributed by atoms with Crippen LogP contribution in [-0.2, 0) is 4.79 Å². The predicted molar refractivity (Wildman–Crippen MR) is 54.7 cm³/mol. The van der Waals surface area contributed by atoms with Gasteiger partial charge in [0.1, 0.15) is 0 Å². The second-order valence-electron chi connectivity index (χ2n) is 3.13. The minimum atomic E-state index is -0.852. The molecule has 0 aromatic rings. The topological polar surface area (TPSA) is 37.3 Å². The third-order valence-corrected chi connectivity index (χ3v) is 1.70. The highest BCUT2D eigenvalue weighted by Crippen LogP contribution is 2.04. The molecule has 2 nitrogen and oxygen atoms in total. The molecule has 0 aliphatic carbocycles. The standard InChI is InChI=1S/C11H18O2/c1-3-4-5-6-7-8-10(2)9-11(12)13/h5-6,9H,3-4,7-8H2,1-2H3,(H,12,13)/b6-5+,10-9+. The molecule has 0 bridgehead atoms. The Hall–Kier alpha value is -1.05. The molecule has 0 aliphatic heterocycles. The van der Waals surface area contributed by atoms with Crippen molar-refractivity contribution in [1.82, 2.24) is 0 Å². The molecule has 0 amide bonds. The van der Waals surface area contributed by atoms with Crippen molar-refractivity contribution in [1.29, 1.82) is 0 Å². The average Bonchev–Trinajstić information content (AvgIpc) is 2.02. The van der Waals surface area contributed by atoms with E-state index in [1.807, 2.05) is 6.92 Å². The number of aliphatic carboxylic acids is 1. The number of carboxylic acid groups (broad SMARTS) is 1. The molecule has 0 atom stereocenters. The Labute approximate surface area is 80.0 Å². The maximum absolute atomic E-state index is 10.3. The molecule has 0 aromatic heterocycles. The highest BCUT2D eigenvalue weighted by molar-refractivity contribution is 5.80. The van der Waals surface area contributed by atoms with Crippen LogP contribution in [0.15, 0.2) is 23.8 Å². The molecule has 0 spiro atoms. The summed E-state index contributed by atoms with van der Waals surface area (Å²) in [7, 11) is 0. The predicted octanol–water partition coefficient (Wildman–Crippen LogP) is 3.15. The molecule has 0 aliphatic rings. The van der Waals surface area contributed by atoms with Crippen molar-refractivity contribution in [3.63, 3.8) is 0 Å². The van der Waals surface area contributed by atoms with Gasteiger partial charge < -0.3 is 5.11 Å². The van der Waals surface area contributed by atoms with Crippen LogP contribution in [0.4, 0.5) is 0 Å². The summed E-state index contributed by atoms with van der Waals surface area (Å²) < 4.78 is 0. The van der Waals surface area contributed by atoms with E-state index in [0.717, 1.165) is 24.8 Å². The number of allylic oxidation sites excluding steroid dienone is 3. The maximum Gasteiger partial charge on any atom is 0.328 e. The van der Waals surface area contributed by atoms with Crippen molar-refractivity contribution in [3.05, 3.63) is 23.8 Å². The fourth-order valence-corrected chi connectivity index (χ4v) is 0.996. The second kappa shape index (κ2) is 7.59. The summed E-state index contributed by atoms with van der Waals surface area (Å²) >= 11 is 0. The second-order valence-corrected chi connectivity index (χ2v) is 3.13. The molecule has 0 heterocycles. The van der Waals surface area contributed by atoms with E-state index >= 15 is 0 Å². The Balaban J connectivity index is 3.58. The van der Waals surface area contributed by atoms with Crippen LogP contribution in [0, 0.1) is 0 Å². The van der Waals surface area contributed by atoms with Gasteiger partial charge in [-0.15, -0.1) is 0 Å². The number of carboxylic acids is 1. The van der Waals surface area contributed by atoms with Gasteiger partial charge in [0, 0.05) is 6.08 Å². The van der Waals surface area contributed by atoms with Gasteiger partial charge in [0.25, 0.3) is 0 Å². The van der Waals surface area contributed by atoms with Gasteiger partial charge in [-0.1, -0.05) is 31.1 Å². The monoisotopic (exact) mass is 182 g/mol. The summed E-state index contributed by atoms with van der Waals surface area (Å²) in [4.78, 5) is 10.3. The van der Waals surface area contributed by atoms with Gasteiger partial charge in [-0.3, -0.25) is 0 Å². The number of hydrogen-bond acceptors (Lipinski definition) is 1. The number of hydrogen-bond donors (Lipinski definition) is 1. The van der Waals surface area contributed by atoms with E-state index in [2.05, 4.69) is 19.1 Å². The SMILES string of the molecule is CCC/C=C/CC/C(C)=C/C(=O)O. The Morgan fingerprint density at radius 2 is 1.92 bits per heavy atom. The Morgan fingerprint density at radius 3 is 2.46 bits per heavy atom. The molecule has 2 heteroatoms. The summed E-state index contributed by atoms with van der Waals surface area (Å²) in [6, 6.07) is 0. The third-order valence-electron chi connectivity index (χ3n) is 1.70. The molecular formula is C11H18O2. The van der Waals surface area contributed by atoms with Gasteiger partial charge in [0.05, 0.1) is 0 Å². The lowest BCUT2D eigenvalue weighted by Gasteiger charge is -1.94. The fraction of sp³-hybridized carbons (Fsp3) is 0.545. The van der Waals surface area contributed by atoms with E-state index in [-0.39, 0.29) is 0 Å². The first-order valence-corrected chi connectivity index (χ1v) is 4.72. The van der Waals surface area contributed by atoms with Crippen molar-refractivity contribution in [2.75, 3.05) is 0 Å². The van der Waals surface area contributed by atoms with Crippen LogP contribution in [-0.4, -0.2) is 11.1 Å². The van der Waals surface area contributed by atoms with Gasteiger partial charge in [0.15, 0.2) is 0 Å². The fourth-order valence-electron chi connectivity index (χ4n) is 0.996. The van der Waals surface area contributed by atoms with E-state index in [0.29, 0.717) is 0 Å². The highest BCUT2D eigenvalue weighted by Gasteiger charge is 1.92. The Morgan fingerprint density at radius 1 is 1.31 bits per heavy atom. The molecule has 0 saturated carbocycles. The normalized spacial score (nSPS) is 12.3. The zero-order valence-corrected chi connectivity index (χ0v) is 8.42. The zero-order valence-electron chi connectivity index (χ0n) is 8.42. The smallest absolute Gasteiger partial charge is 0.328 e. The first-order chi connectivity index (χ1) is 6.16. The summed E-state index contributed by atoms with van der Waals surface area (Å²) in [5.41, 5.74) is 0.925.